The van der Waals surface area contributed by atoms with E-state index in [1.807, 2.05) is 0 Å². The Kier molecular flexibility index (Phi) is 4.40. The number of benzene rings is 1. The molecule has 2 rings (SSSR count). The first kappa shape index (κ1) is 12.4. The first-order valence-electron chi connectivity index (χ1n) is 6.41. The van der Waals surface area contributed by atoms with E-state index in [1.165, 1.54) is 11.3 Å². The molecule has 0 unspecified atom stereocenters. The number of hydrogen-bond donors (Lipinski definition) is 1. The number of anilines is 1. The van der Waals surface area contributed by atoms with Crippen molar-refractivity contribution in [3.8, 4) is 0 Å². The number of hydrogen-bond acceptors (Lipinski definition) is 3. The molecule has 1 saturated heterocycles. The monoisotopic (exact) mass is 234 g/mol. The van der Waals surface area contributed by atoms with Gasteiger partial charge in [0.2, 0.25) is 0 Å². The SMILES string of the molecule is CC(C)NCc1cccc(N2CCOCC2)c1. The molecule has 1 aromatic carbocycles. The maximum Gasteiger partial charge on any atom is 0.0642 e. The summed E-state index contributed by atoms with van der Waals surface area (Å²) in [6, 6.07) is 9.31. The van der Waals surface area contributed by atoms with Gasteiger partial charge >= 0.3 is 0 Å². The second-order valence-corrected chi connectivity index (χ2v) is 4.80. The number of rotatable bonds is 4. The van der Waals surface area contributed by atoms with Crippen LogP contribution in [0.5, 0.6) is 0 Å². The van der Waals surface area contributed by atoms with Crippen molar-refractivity contribution < 1.29 is 4.74 Å². The first-order valence-corrected chi connectivity index (χ1v) is 6.41. The van der Waals surface area contributed by atoms with Crippen molar-refractivity contribution >= 4 is 5.69 Å². The van der Waals surface area contributed by atoms with Crippen molar-refractivity contribution in [1.82, 2.24) is 5.32 Å². The van der Waals surface area contributed by atoms with Crippen LogP contribution in [0.25, 0.3) is 0 Å². The van der Waals surface area contributed by atoms with Gasteiger partial charge in [-0.05, 0) is 17.7 Å². The summed E-state index contributed by atoms with van der Waals surface area (Å²) in [6.07, 6.45) is 0. The minimum atomic E-state index is 0.530. The van der Waals surface area contributed by atoms with Gasteiger partial charge in [-0.1, -0.05) is 26.0 Å². The molecule has 0 aliphatic carbocycles. The van der Waals surface area contributed by atoms with Crippen molar-refractivity contribution in [2.75, 3.05) is 31.2 Å². The summed E-state index contributed by atoms with van der Waals surface area (Å²) in [5, 5.41) is 3.45. The molecular weight excluding hydrogens is 212 g/mol. The van der Waals surface area contributed by atoms with Crippen molar-refractivity contribution in [2.24, 2.45) is 0 Å². The number of morpholine rings is 1. The fourth-order valence-electron chi connectivity index (χ4n) is 2.01. The second kappa shape index (κ2) is 6.03. The van der Waals surface area contributed by atoms with Crippen LogP contribution in [0.1, 0.15) is 19.4 Å². The fraction of sp³-hybridized carbons (Fsp3) is 0.571. The van der Waals surface area contributed by atoms with E-state index in [4.69, 9.17) is 4.74 Å². The van der Waals surface area contributed by atoms with Crippen LogP contribution < -0.4 is 10.2 Å². The van der Waals surface area contributed by atoms with Crippen LogP contribution in [0.3, 0.4) is 0 Å². The van der Waals surface area contributed by atoms with Crippen molar-refractivity contribution in [1.29, 1.82) is 0 Å². The van der Waals surface area contributed by atoms with Crippen LogP contribution in [0.2, 0.25) is 0 Å². The van der Waals surface area contributed by atoms with Gasteiger partial charge in [-0.3, -0.25) is 0 Å². The predicted octanol–water partition coefficient (Wildman–Crippen LogP) is 2.02. The molecule has 17 heavy (non-hydrogen) atoms. The minimum absolute atomic E-state index is 0.530. The summed E-state index contributed by atoms with van der Waals surface area (Å²) in [7, 11) is 0. The third-order valence-electron chi connectivity index (χ3n) is 3.00. The number of nitrogens with one attached hydrogen (secondary N) is 1. The quantitative estimate of drug-likeness (QED) is 0.862. The maximum absolute atomic E-state index is 5.38. The lowest BCUT2D eigenvalue weighted by molar-refractivity contribution is 0.122. The van der Waals surface area contributed by atoms with Crippen LogP contribution in [0.4, 0.5) is 5.69 Å². The topological polar surface area (TPSA) is 24.5 Å². The highest BCUT2D eigenvalue weighted by Crippen LogP contribution is 2.17. The van der Waals surface area contributed by atoms with Gasteiger partial charge in [-0.2, -0.15) is 0 Å². The van der Waals surface area contributed by atoms with Crippen molar-refractivity contribution in [2.45, 2.75) is 26.4 Å². The molecule has 0 amide bonds. The van der Waals surface area contributed by atoms with E-state index in [-0.39, 0.29) is 0 Å². The molecule has 1 heterocycles. The van der Waals surface area contributed by atoms with Crippen molar-refractivity contribution in [3.05, 3.63) is 29.8 Å². The lowest BCUT2D eigenvalue weighted by atomic mass is 10.1. The zero-order valence-electron chi connectivity index (χ0n) is 10.8. The predicted molar refractivity (Wildman–Crippen MR) is 71.4 cm³/mol. The van der Waals surface area contributed by atoms with E-state index < -0.39 is 0 Å². The lowest BCUT2D eigenvalue weighted by Crippen LogP contribution is -2.36. The molecule has 1 aliphatic heterocycles. The van der Waals surface area contributed by atoms with E-state index in [1.54, 1.807) is 0 Å². The lowest BCUT2D eigenvalue weighted by Gasteiger charge is -2.29. The molecule has 0 saturated carbocycles. The van der Waals surface area contributed by atoms with E-state index in [0.717, 1.165) is 32.8 Å². The normalized spacial score (nSPS) is 16.5. The highest BCUT2D eigenvalue weighted by Gasteiger charge is 2.11. The maximum atomic E-state index is 5.38. The summed E-state index contributed by atoms with van der Waals surface area (Å²) in [6.45, 7) is 8.97. The molecule has 3 heteroatoms. The number of nitrogens with zero attached hydrogens (tertiary/aromatic N) is 1. The van der Waals surface area contributed by atoms with Crippen LogP contribution in [-0.4, -0.2) is 32.3 Å². The molecule has 3 nitrogen and oxygen atoms in total. The smallest absolute Gasteiger partial charge is 0.0642 e. The average molecular weight is 234 g/mol. The van der Waals surface area contributed by atoms with E-state index >= 15 is 0 Å². The highest BCUT2D eigenvalue weighted by atomic mass is 16.5. The summed E-state index contributed by atoms with van der Waals surface area (Å²) in [5.41, 5.74) is 2.67. The number of ether oxygens (including phenoxy) is 1. The Hall–Kier alpha value is -1.06. The molecule has 1 aromatic rings. The van der Waals surface area contributed by atoms with Crippen LogP contribution in [0, 0.1) is 0 Å². The fourth-order valence-corrected chi connectivity index (χ4v) is 2.01. The summed E-state index contributed by atoms with van der Waals surface area (Å²) < 4.78 is 5.38. The minimum Gasteiger partial charge on any atom is -0.378 e. The summed E-state index contributed by atoms with van der Waals surface area (Å²) in [5.74, 6) is 0. The Bertz CT molecular complexity index is 346. The van der Waals surface area contributed by atoms with Gasteiger partial charge in [0, 0.05) is 31.4 Å². The first-order chi connectivity index (χ1) is 8.25. The van der Waals surface area contributed by atoms with Gasteiger partial charge in [-0.25, -0.2) is 0 Å². The molecule has 94 valence electrons. The third kappa shape index (κ3) is 3.72. The molecule has 0 radical (unpaired) electrons. The van der Waals surface area contributed by atoms with Crippen LogP contribution >= 0.6 is 0 Å². The zero-order chi connectivity index (χ0) is 12.1. The Morgan fingerprint density at radius 2 is 2.06 bits per heavy atom. The molecule has 1 N–H and O–H groups in total. The average Bonchev–Trinajstić information content (AvgIpc) is 2.38. The molecule has 0 atom stereocenters. The van der Waals surface area contributed by atoms with Crippen molar-refractivity contribution in [3.63, 3.8) is 0 Å². The molecule has 1 aliphatic rings. The van der Waals surface area contributed by atoms with E-state index in [0.29, 0.717) is 6.04 Å². The Balaban J connectivity index is 2.00. The van der Waals surface area contributed by atoms with Gasteiger partial charge < -0.3 is 15.0 Å². The second-order valence-electron chi connectivity index (χ2n) is 4.80. The Morgan fingerprint density at radius 3 is 2.76 bits per heavy atom. The molecule has 0 spiro atoms. The third-order valence-corrected chi connectivity index (χ3v) is 3.00. The summed E-state index contributed by atoms with van der Waals surface area (Å²) in [4.78, 5) is 2.39. The van der Waals surface area contributed by atoms with Crippen LogP contribution in [0.15, 0.2) is 24.3 Å². The van der Waals surface area contributed by atoms with Gasteiger partial charge in [0.25, 0.3) is 0 Å². The summed E-state index contributed by atoms with van der Waals surface area (Å²) >= 11 is 0. The highest BCUT2D eigenvalue weighted by molar-refractivity contribution is 5.48. The molecular formula is C14H22N2O. The molecule has 0 bridgehead atoms. The zero-order valence-corrected chi connectivity index (χ0v) is 10.8. The van der Waals surface area contributed by atoms with Gasteiger partial charge in [0.05, 0.1) is 13.2 Å². The van der Waals surface area contributed by atoms with E-state index in [2.05, 4.69) is 48.3 Å². The van der Waals surface area contributed by atoms with E-state index in [9.17, 15) is 0 Å². The molecule has 1 fully saturated rings. The largest absolute Gasteiger partial charge is 0.378 e. The van der Waals surface area contributed by atoms with Crippen LogP contribution in [-0.2, 0) is 11.3 Å². The van der Waals surface area contributed by atoms with Gasteiger partial charge in [0.1, 0.15) is 0 Å². The Morgan fingerprint density at radius 1 is 1.29 bits per heavy atom. The van der Waals surface area contributed by atoms with Gasteiger partial charge in [0.15, 0.2) is 0 Å². The Labute approximate surface area is 104 Å². The molecule has 0 aromatic heterocycles. The standard InChI is InChI=1S/C14H22N2O/c1-12(2)15-11-13-4-3-5-14(10-13)16-6-8-17-9-7-16/h3-5,10,12,15H,6-9,11H2,1-2H3. The van der Waals surface area contributed by atoms with Gasteiger partial charge in [-0.15, -0.1) is 0 Å².